The number of nitrogens with zero attached hydrogens (tertiary/aromatic N) is 1. The Hall–Kier alpha value is -4.52. The molecule has 5 aromatic rings. The van der Waals surface area contributed by atoms with Gasteiger partial charge in [-0.2, -0.15) is 0 Å². The van der Waals surface area contributed by atoms with E-state index in [4.69, 9.17) is 28.6 Å². The van der Waals surface area contributed by atoms with Crippen LogP contribution in [0.25, 0.3) is 38.2 Å². The minimum atomic E-state index is 0.381. The molecule has 0 aromatic heterocycles. The molecule has 5 rings (SSSR count). The number of hydrogen-bond donors (Lipinski definition) is 1. The van der Waals surface area contributed by atoms with Crippen molar-refractivity contribution < 1.29 is 4.74 Å². The summed E-state index contributed by atoms with van der Waals surface area (Å²) < 4.78 is 6.11. The smallest absolute Gasteiger partial charge is 0.187 e. The molecule has 2 N–H and O–H groups in total. The van der Waals surface area contributed by atoms with E-state index in [0.29, 0.717) is 28.8 Å². The SMILES string of the molecule is [C-]#[N+]c1ccc(-c2cccc(-c3cc(Cl)cc(OCc4ccc(-c5ccccc5)cc4)c3N)c2)cc1. The second-order valence-corrected chi connectivity index (χ2v) is 8.89. The average molecular weight is 487 g/mol. The van der Waals surface area contributed by atoms with Crippen molar-refractivity contribution in [2.75, 3.05) is 5.73 Å². The van der Waals surface area contributed by atoms with Crippen molar-refractivity contribution in [2.45, 2.75) is 6.61 Å². The molecule has 0 aliphatic rings. The van der Waals surface area contributed by atoms with Gasteiger partial charge in [0.05, 0.1) is 12.3 Å². The molecule has 0 fully saturated rings. The van der Waals surface area contributed by atoms with E-state index in [-0.39, 0.29) is 0 Å². The molecule has 0 bridgehead atoms. The number of nitrogens with two attached hydrogens (primary N) is 1. The summed E-state index contributed by atoms with van der Waals surface area (Å²) >= 11 is 6.47. The molecule has 0 unspecified atom stereocenters. The number of rotatable bonds is 6. The van der Waals surface area contributed by atoms with Crippen LogP contribution in [0.4, 0.5) is 11.4 Å². The van der Waals surface area contributed by atoms with E-state index in [2.05, 4.69) is 47.3 Å². The van der Waals surface area contributed by atoms with Gasteiger partial charge in [0.1, 0.15) is 12.4 Å². The van der Waals surface area contributed by atoms with E-state index in [1.165, 1.54) is 5.56 Å². The molecule has 0 aliphatic heterocycles. The van der Waals surface area contributed by atoms with Crippen LogP contribution in [0.3, 0.4) is 0 Å². The van der Waals surface area contributed by atoms with Crippen molar-refractivity contribution >= 4 is 23.0 Å². The van der Waals surface area contributed by atoms with Crippen LogP contribution >= 0.6 is 11.6 Å². The summed E-state index contributed by atoms with van der Waals surface area (Å²) in [6.45, 7) is 7.53. The fraction of sp³-hybridized carbons (Fsp3) is 0.0312. The molecule has 36 heavy (non-hydrogen) atoms. The Morgan fingerprint density at radius 2 is 1.28 bits per heavy atom. The highest BCUT2D eigenvalue weighted by Crippen LogP contribution is 2.38. The Morgan fingerprint density at radius 1 is 0.667 bits per heavy atom. The molecule has 4 heteroatoms. The molecule has 0 radical (unpaired) electrons. The molecule has 0 amide bonds. The van der Waals surface area contributed by atoms with Gasteiger partial charge in [-0.15, -0.1) is 0 Å². The molecule has 0 saturated heterocycles. The lowest BCUT2D eigenvalue weighted by molar-refractivity contribution is 0.308. The summed E-state index contributed by atoms with van der Waals surface area (Å²) in [7, 11) is 0. The highest BCUT2D eigenvalue weighted by molar-refractivity contribution is 6.31. The van der Waals surface area contributed by atoms with Crippen molar-refractivity contribution in [1.29, 1.82) is 0 Å². The number of anilines is 1. The lowest BCUT2D eigenvalue weighted by Gasteiger charge is -2.15. The first kappa shape index (κ1) is 23.2. The van der Waals surface area contributed by atoms with Crippen LogP contribution in [0, 0.1) is 6.57 Å². The van der Waals surface area contributed by atoms with Crippen LogP contribution in [-0.2, 0) is 6.61 Å². The van der Waals surface area contributed by atoms with Gasteiger partial charge in [-0.25, -0.2) is 4.85 Å². The zero-order chi connectivity index (χ0) is 24.9. The van der Waals surface area contributed by atoms with Crippen LogP contribution in [0.2, 0.25) is 5.02 Å². The summed E-state index contributed by atoms with van der Waals surface area (Å²) in [4.78, 5) is 3.46. The van der Waals surface area contributed by atoms with Gasteiger partial charge in [0, 0.05) is 16.7 Å². The number of nitrogen functional groups attached to an aromatic ring is 1. The first-order valence-electron chi connectivity index (χ1n) is 11.6. The monoisotopic (exact) mass is 486 g/mol. The maximum atomic E-state index is 7.15. The highest BCUT2D eigenvalue weighted by Gasteiger charge is 2.12. The van der Waals surface area contributed by atoms with Gasteiger partial charge in [0.15, 0.2) is 5.69 Å². The molecule has 5 aromatic carbocycles. The molecule has 0 heterocycles. The minimum absolute atomic E-state index is 0.381. The Morgan fingerprint density at radius 3 is 2.00 bits per heavy atom. The predicted molar refractivity (Wildman–Crippen MR) is 149 cm³/mol. The quantitative estimate of drug-likeness (QED) is 0.192. The number of hydrogen-bond acceptors (Lipinski definition) is 2. The summed E-state index contributed by atoms with van der Waals surface area (Å²) in [5.74, 6) is 0.552. The maximum Gasteiger partial charge on any atom is 0.187 e. The molecular formula is C32H23ClN2O. The lowest BCUT2D eigenvalue weighted by atomic mass is 9.97. The fourth-order valence-electron chi connectivity index (χ4n) is 4.13. The second kappa shape index (κ2) is 10.4. The zero-order valence-electron chi connectivity index (χ0n) is 19.5. The third kappa shape index (κ3) is 5.10. The largest absolute Gasteiger partial charge is 0.487 e. The first-order chi connectivity index (χ1) is 17.6. The van der Waals surface area contributed by atoms with Crippen LogP contribution in [0.5, 0.6) is 5.75 Å². The van der Waals surface area contributed by atoms with Gasteiger partial charge in [0.25, 0.3) is 0 Å². The maximum absolute atomic E-state index is 7.15. The van der Waals surface area contributed by atoms with E-state index in [1.54, 1.807) is 6.07 Å². The Labute approximate surface area is 216 Å². The zero-order valence-corrected chi connectivity index (χ0v) is 20.2. The van der Waals surface area contributed by atoms with Crippen molar-refractivity contribution in [3.05, 3.63) is 137 Å². The molecule has 0 aliphatic carbocycles. The molecule has 0 atom stereocenters. The summed E-state index contributed by atoms with van der Waals surface area (Å²) in [6, 6.07) is 37.8. The van der Waals surface area contributed by atoms with Gasteiger partial charge in [0.2, 0.25) is 0 Å². The topological polar surface area (TPSA) is 39.6 Å². The number of benzene rings is 5. The van der Waals surface area contributed by atoms with E-state index in [1.807, 2.05) is 66.7 Å². The molecular weight excluding hydrogens is 464 g/mol. The van der Waals surface area contributed by atoms with Gasteiger partial charge >= 0.3 is 0 Å². The Kier molecular flexibility index (Phi) is 6.71. The van der Waals surface area contributed by atoms with E-state index in [9.17, 15) is 0 Å². The molecule has 174 valence electrons. The van der Waals surface area contributed by atoms with Crippen molar-refractivity contribution in [3.8, 4) is 39.1 Å². The molecule has 0 saturated carbocycles. The Bertz CT molecular complexity index is 1540. The fourth-order valence-corrected chi connectivity index (χ4v) is 4.34. The van der Waals surface area contributed by atoms with Crippen molar-refractivity contribution in [1.82, 2.24) is 0 Å². The summed E-state index contributed by atoms with van der Waals surface area (Å²) in [6.07, 6.45) is 0. The average Bonchev–Trinajstić information content (AvgIpc) is 2.94. The summed E-state index contributed by atoms with van der Waals surface area (Å²) in [5.41, 5.74) is 14.9. The van der Waals surface area contributed by atoms with E-state index in [0.717, 1.165) is 33.4 Å². The minimum Gasteiger partial charge on any atom is -0.487 e. The Balaban J connectivity index is 1.38. The van der Waals surface area contributed by atoms with Crippen LogP contribution in [0.1, 0.15) is 5.56 Å². The lowest BCUT2D eigenvalue weighted by Crippen LogP contribution is -2.00. The van der Waals surface area contributed by atoms with Gasteiger partial charge in [-0.05, 0) is 45.5 Å². The van der Waals surface area contributed by atoms with Crippen LogP contribution in [0.15, 0.2) is 115 Å². The molecule has 0 spiro atoms. The number of halogens is 1. The van der Waals surface area contributed by atoms with Crippen molar-refractivity contribution in [2.24, 2.45) is 0 Å². The first-order valence-corrected chi connectivity index (χ1v) is 11.9. The standard InChI is InChI=1S/C32H23ClN2O/c1-35-29-16-14-25(15-17-29)26-8-5-9-27(18-26)30-19-28(33)20-31(32(30)34)36-21-22-10-12-24(13-11-22)23-6-3-2-4-7-23/h2-20H,21,34H2. The normalized spacial score (nSPS) is 10.6. The second-order valence-electron chi connectivity index (χ2n) is 8.46. The number of ether oxygens (including phenoxy) is 1. The predicted octanol–water partition coefficient (Wildman–Crippen LogP) is 9.05. The third-order valence-corrected chi connectivity index (χ3v) is 6.28. The van der Waals surface area contributed by atoms with Gasteiger partial charge < -0.3 is 10.5 Å². The third-order valence-electron chi connectivity index (χ3n) is 6.07. The summed E-state index contributed by atoms with van der Waals surface area (Å²) in [5, 5.41) is 0.556. The van der Waals surface area contributed by atoms with E-state index >= 15 is 0 Å². The highest BCUT2D eigenvalue weighted by atomic mass is 35.5. The van der Waals surface area contributed by atoms with Crippen LogP contribution < -0.4 is 10.5 Å². The van der Waals surface area contributed by atoms with Gasteiger partial charge in [-0.1, -0.05) is 109 Å². The van der Waals surface area contributed by atoms with Crippen LogP contribution in [-0.4, -0.2) is 0 Å². The van der Waals surface area contributed by atoms with E-state index < -0.39 is 0 Å². The molecule has 3 nitrogen and oxygen atoms in total. The van der Waals surface area contributed by atoms with Crippen molar-refractivity contribution in [3.63, 3.8) is 0 Å². The van der Waals surface area contributed by atoms with Gasteiger partial charge in [-0.3, -0.25) is 0 Å².